The Hall–Kier alpha value is -1.64. The number of rotatable bonds is 5. The number of esters is 1. The van der Waals surface area contributed by atoms with Crippen LogP contribution in [0.2, 0.25) is 0 Å². The van der Waals surface area contributed by atoms with E-state index >= 15 is 0 Å². The van der Waals surface area contributed by atoms with E-state index < -0.39 is 0 Å². The van der Waals surface area contributed by atoms with Crippen LogP contribution in [-0.4, -0.2) is 18.4 Å². The zero-order valence-corrected chi connectivity index (χ0v) is 14.5. The van der Waals surface area contributed by atoms with Gasteiger partial charge < -0.3 is 4.74 Å². The number of carbonyl (C=O) groups is 2. The van der Waals surface area contributed by atoms with Gasteiger partial charge in [0.2, 0.25) is 0 Å². The van der Waals surface area contributed by atoms with Crippen LogP contribution < -0.4 is 0 Å². The summed E-state index contributed by atoms with van der Waals surface area (Å²) in [6.07, 6.45) is 11.7. The number of benzene rings is 1. The van der Waals surface area contributed by atoms with Crippen molar-refractivity contribution in [3.8, 4) is 0 Å². The van der Waals surface area contributed by atoms with Gasteiger partial charge >= 0.3 is 5.97 Å². The average Bonchev–Trinajstić information content (AvgIpc) is 2.67. The van der Waals surface area contributed by atoms with E-state index in [1.807, 2.05) is 12.1 Å². The first-order valence-electron chi connectivity index (χ1n) is 9.54. The molecule has 0 spiro atoms. The fourth-order valence-corrected chi connectivity index (χ4v) is 4.05. The van der Waals surface area contributed by atoms with Gasteiger partial charge in [-0.05, 0) is 37.2 Å². The molecule has 1 aromatic rings. The van der Waals surface area contributed by atoms with Crippen molar-refractivity contribution in [3.05, 3.63) is 35.4 Å². The summed E-state index contributed by atoms with van der Waals surface area (Å²) in [5.74, 6) is 0.350. The van der Waals surface area contributed by atoms with Gasteiger partial charge in [-0.3, -0.25) is 9.59 Å². The van der Waals surface area contributed by atoms with Crippen LogP contribution in [0, 0.1) is 5.92 Å². The Bertz CT molecular complexity index is 549. The molecule has 0 unspecified atom stereocenters. The number of carbonyl (C=O) groups excluding carboxylic acids is 2. The van der Waals surface area contributed by atoms with Crippen LogP contribution in [-0.2, 0) is 9.53 Å². The van der Waals surface area contributed by atoms with Crippen molar-refractivity contribution in [3.63, 3.8) is 0 Å². The maximum atomic E-state index is 12.2. The third-order valence-electron chi connectivity index (χ3n) is 5.59. The molecule has 3 rings (SSSR count). The minimum atomic E-state index is -0.193. The molecule has 2 saturated carbocycles. The molecule has 0 amide bonds. The van der Waals surface area contributed by atoms with Crippen LogP contribution >= 0.6 is 0 Å². The Morgan fingerprint density at radius 3 is 2.04 bits per heavy atom. The predicted octanol–water partition coefficient (Wildman–Crippen LogP) is 5.04. The summed E-state index contributed by atoms with van der Waals surface area (Å²) in [7, 11) is 0. The SMILES string of the molecule is O=C(COC(=O)C1CCCCC1)c1ccc(C2CCCCC2)cc1. The molecule has 0 bridgehead atoms. The van der Waals surface area contributed by atoms with Crippen molar-refractivity contribution in [1.29, 1.82) is 0 Å². The van der Waals surface area contributed by atoms with E-state index in [2.05, 4.69) is 12.1 Å². The molecule has 2 aliphatic carbocycles. The van der Waals surface area contributed by atoms with Crippen molar-refractivity contribution in [2.45, 2.75) is 70.1 Å². The molecule has 1 aromatic carbocycles. The maximum Gasteiger partial charge on any atom is 0.309 e. The first-order chi connectivity index (χ1) is 11.7. The lowest BCUT2D eigenvalue weighted by molar-refractivity contribution is -0.148. The molecule has 2 fully saturated rings. The Morgan fingerprint density at radius 2 is 1.42 bits per heavy atom. The average molecular weight is 328 g/mol. The van der Waals surface area contributed by atoms with Gasteiger partial charge in [-0.15, -0.1) is 0 Å². The number of ether oxygens (including phenoxy) is 1. The van der Waals surface area contributed by atoms with E-state index in [1.165, 1.54) is 44.1 Å². The molecule has 0 heterocycles. The number of hydrogen-bond donors (Lipinski definition) is 0. The molecular weight excluding hydrogens is 300 g/mol. The zero-order chi connectivity index (χ0) is 16.8. The molecule has 3 nitrogen and oxygen atoms in total. The largest absolute Gasteiger partial charge is 0.457 e. The highest BCUT2D eigenvalue weighted by Crippen LogP contribution is 2.32. The smallest absolute Gasteiger partial charge is 0.309 e. The summed E-state index contributed by atoms with van der Waals surface area (Å²) in [6, 6.07) is 7.93. The first-order valence-corrected chi connectivity index (χ1v) is 9.54. The van der Waals surface area contributed by atoms with E-state index in [0.717, 1.165) is 25.7 Å². The molecule has 0 radical (unpaired) electrons. The molecular formula is C21H28O3. The Labute approximate surface area is 144 Å². The molecule has 2 aliphatic rings. The fourth-order valence-electron chi connectivity index (χ4n) is 4.05. The summed E-state index contributed by atoms with van der Waals surface area (Å²) >= 11 is 0. The van der Waals surface area contributed by atoms with Gasteiger partial charge in [0.05, 0.1) is 5.92 Å². The van der Waals surface area contributed by atoms with Gasteiger partial charge in [-0.2, -0.15) is 0 Å². The quantitative estimate of drug-likeness (QED) is 0.562. The second-order valence-electron chi connectivity index (χ2n) is 7.32. The summed E-state index contributed by atoms with van der Waals surface area (Å²) in [4.78, 5) is 24.3. The third kappa shape index (κ3) is 4.46. The minimum absolute atomic E-state index is 0.000211. The molecule has 0 aromatic heterocycles. The Morgan fingerprint density at radius 1 is 0.833 bits per heavy atom. The summed E-state index contributed by atoms with van der Waals surface area (Å²) in [5, 5.41) is 0. The van der Waals surface area contributed by atoms with Crippen molar-refractivity contribution < 1.29 is 14.3 Å². The van der Waals surface area contributed by atoms with Crippen molar-refractivity contribution in [1.82, 2.24) is 0 Å². The van der Waals surface area contributed by atoms with Crippen LogP contribution in [0.25, 0.3) is 0 Å². The lowest BCUT2D eigenvalue weighted by Crippen LogP contribution is -2.23. The van der Waals surface area contributed by atoms with E-state index in [-0.39, 0.29) is 24.3 Å². The number of hydrogen-bond acceptors (Lipinski definition) is 3. The summed E-state index contributed by atoms with van der Waals surface area (Å²) in [5.41, 5.74) is 1.98. The predicted molar refractivity (Wildman–Crippen MR) is 94.1 cm³/mol. The van der Waals surface area contributed by atoms with Crippen molar-refractivity contribution in [2.24, 2.45) is 5.92 Å². The highest BCUT2D eigenvalue weighted by atomic mass is 16.5. The molecule has 130 valence electrons. The van der Waals surface area contributed by atoms with Gasteiger partial charge in [-0.1, -0.05) is 62.8 Å². The Balaban J connectivity index is 1.50. The molecule has 0 aliphatic heterocycles. The summed E-state index contributed by atoms with van der Waals surface area (Å²) < 4.78 is 5.26. The Kier molecular flexibility index (Phi) is 6.06. The lowest BCUT2D eigenvalue weighted by atomic mass is 9.84. The molecule has 0 saturated heterocycles. The van der Waals surface area contributed by atoms with Crippen LogP contribution in [0.15, 0.2) is 24.3 Å². The number of ketones is 1. The van der Waals surface area contributed by atoms with Crippen LogP contribution in [0.4, 0.5) is 0 Å². The monoisotopic (exact) mass is 328 g/mol. The molecule has 0 atom stereocenters. The van der Waals surface area contributed by atoms with Gasteiger partial charge in [0.1, 0.15) is 0 Å². The van der Waals surface area contributed by atoms with E-state index in [1.54, 1.807) is 0 Å². The van der Waals surface area contributed by atoms with E-state index in [0.29, 0.717) is 11.5 Å². The van der Waals surface area contributed by atoms with Gasteiger partial charge in [0.25, 0.3) is 0 Å². The van der Waals surface area contributed by atoms with Crippen LogP contribution in [0.3, 0.4) is 0 Å². The summed E-state index contributed by atoms with van der Waals surface area (Å²) in [6.45, 7) is -0.127. The van der Waals surface area contributed by atoms with Gasteiger partial charge in [0.15, 0.2) is 12.4 Å². The van der Waals surface area contributed by atoms with E-state index in [9.17, 15) is 9.59 Å². The second-order valence-corrected chi connectivity index (χ2v) is 7.32. The fraction of sp³-hybridized carbons (Fsp3) is 0.619. The maximum absolute atomic E-state index is 12.2. The van der Waals surface area contributed by atoms with Crippen LogP contribution in [0.5, 0.6) is 0 Å². The normalized spacial score (nSPS) is 19.8. The zero-order valence-electron chi connectivity index (χ0n) is 14.5. The molecule has 3 heteroatoms. The van der Waals surface area contributed by atoms with Gasteiger partial charge in [-0.25, -0.2) is 0 Å². The standard InChI is InChI=1S/C21H28O3/c22-20(15-24-21(23)19-9-5-2-6-10-19)18-13-11-17(12-14-18)16-7-3-1-4-8-16/h11-14,16,19H,1-10,15H2. The van der Waals surface area contributed by atoms with Crippen molar-refractivity contribution in [2.75, 3.05) is 6.61 Å². The molecule has 0 N–H and O–H groups in total. The topological polar surface area (TPSA) is 43.4 Å². The highest BCUT2D eigenvalue weighted by Gasteiger charge is 2.23. The minimum Gasteiger partial charge on any atom is -0.457 e. The second kappa shape index (κ2) is 8.46. The molecule has 24 heavy (non-hydrogen) atoms. The van der Waals surface area contributed by atoms with Gasteiger partial charge in [0, 0.05) is 5.56 Å². The third-order valence-corrected chi connectivity index (χ3v) is 5.59. The van der Waals surface area contributed by atoms with Crippen LogP contribution in [0.1, 0.15) is 86.0 Å². The number of Topliss-reactive ketones (excluding diaryl/α,β-unsaturated/α-hetero) is 1. The highest BCUT2D eigenvalue weighted by molar-refractivity contribution is 5.98. The van der Waals surface area contributed by atoms with Crippen molar-refractivity contribution >= 4 is 11.8 Å². The lowest BCUT2D eigenvalue weighted by Gasteiger charge is -2.22. The first kappa shape index (κ1) is 17.2. The van der Waals surface area contributed by atoms with E-state index in [4.69, 9.17) is 4.74 Å².